The molecule has 1 heterocycles. The number of amides is 2. The van der Waals surface area contributed by atoms with Gasteiger partial charge in [-0.3, -0.25) is 9.59 Å². The van der Waals surface area contributed by atoms with Crippen LogP contribution in [-0.2, 0) is 22.4 Å². The number of hydrogen-bond donors (Lipinski definition) is 2. The standard InChI is InChI=1S/C23H27N3O4/c1-29-21-9-8-20(24)19-14-16(4-7-18(19)21)22(27)25-17-5-2-15(3-6-17)23(28)26-10-12-30-13-11-26/h2-3,5-6,8-9,16H,4,7,10-14,24H2,1H3,(H,25,27). The normalized spacial score (nSPS) is 18.4. The summed E-state index contributed by atoms with van der Waals surface area (Å²) in [7, 11) is 1.65. The molecule has 1 aliphatic heterocycles. The van der Waals surface area contributed by atoms with Crippen molar-refractivity contribution in [2.75, 3.05) is 44.5 Å². The number of nitrogen functional groups attached to an aromatic ring is 1. The number of ether oxygens (including phenoxy) is 2. The number of anilines is 2. The van der Waals surface area contributed by atoms with Crippen molar-refractivity contribution >= 4 is 23.2 Å². The molecule has 3 N–H and O–H groups in total. The van der Waals surface area contributed by atoms with E-state index in [1.54, 1.807) is 36.3 Å². The summed E-state index contributed by atoms with van der Waals surface area (Å²) in [6.07, 6.45) is 2.10. The summed E-state index contributed by atoms with van der Waals surface area (Å²) in [5.41, 5.74) is 10.3. The third kappa shape index (κ3) is 4.11. The van der Waals surface area contributed by atoms with Gasteiger partial charge in [-0.15, -0.1) is 0 Å². The first-order valence-electron chi connectivity index (χ1n) is 10.3. The number of nitrogens with one attached hydrogen (secondary N) is 1. The zero-order valence-corrected chi connectivity index (χ0v) is 17.1. The zero-order valence-electron chi connectivity index (χ0n) is 17.1. The van der Waals surface area contributed by atoms with Crippen molar-refractivity contribution in [3.05, 3.63) is 53.1 Å². The van der Waals surface area contributed by atoms with Crippen molar-refractivity contribution in [2.24, 2.45) is 5.92 Å². The summed E-state index contributed by atoms with van der Waals surface area (Å²) < 4.78 is 10.7. The number of fused-ring (bicyclic) bond motifs is 1. The predicted molar refractivity (Wildman–Crippen MR) is 115 cm³/mol. The Morgan fingerprint density at radius 3 is 2.53 bits per heavy atom. The van der Waals surface area contributed by atoms with Gasteiger partial charge in [0.1, 0.15) is 5.75 Å². The Kier molecular flexibility index (Phi) is 5.90. The molecule has 1 fully saturated rings. The Labute approximate surface area is 176 Å². The Morgan fingerprint density at radius 2 is 1.83 bits per heavy atom. The fourth-order valence-corrected chi connectivity index (χ4v) is 4.18. The van der Waals surface area contributed by atoms with Gasteiger partial charge in [-0.2, -0.15) is 0 Å². The summed E-state index contributed by atoms with van der Waals surface area (Å²) in [5.74, 6) is 0.639. The van der Waals surface area contributed by atoms with Crippen molar-refractivity contribution in [1.29, 1.82) is 0 Å². The number of carbonyl (C=O) groups is 2. The molecule has 158 valence electrons. The lowest BCUT2D eigenvalue weighted by molar-refractivity contribution is -0.120. The van der Waals surface area contributed by atoms with Gasteiger partial charge in [0.15, 0.2) is 0 Å². The molecule has 1 atom stereocenters. The molecule has 30 heavy (non-hydrogen) atoms. The van der Waals surface area contributed by atoms with E-state index in [1.165, 1.54) is 0 Å². The van der Waals surface area contributed by atoms with E-state index in [1.807, 2.05) is 12.1 Å². The molecule has 1 aliphatic carbocycles. The monoisotopic (exact) mass is 409 g/mol. The Morgan fingerprint density at radius 1 is 1.10 bits per heavy atom. The van der Waals surface area contributed by atoms with Gasteiger partial charge in [-0.05, 0) is 66.8 Å². The number of nitrogens with two attached hydrogens (primary N) is 1. The second-order valence-corrected chi connectivity index (χ2v) is 7.73. The summed E-state index contributed by atoms with van der Waals surface area (Å²) in [6.45, 7) is 2.35. The minimum Gasteiger partial charge on any atom is -0.496 e. The van der Waals surface area contributed by atoms with Crippen LogP contribution < -0.4 is 15.8 Å². The summed E-state index contributed by atoms with van der Waals surface area (Å²) >= 11 is 0. The smallest absolute Gasteiger partial charge is 0.254 e. The van der Waals surface area contributed by atoms with Gasteiger partial charge in [0, 0.05) is 35.9 Å². The van der Waals surface area contributed by atoms with E-state index in [0.29, 0.717) is 49.7 Å². The average Bonchev–Trinajstić information content (AvgIpc) is 2.80. The summed E-state index contributed by atoms with van der Waals surface area (Å²) in [5, 5.41) is 2.98. The second kappa shape index (κ2) is 8.75. The van der Waals surface area contributed by atoms with Gasteiger partial charge in [-0.1, -0.05) is 0 Å². The Hall–Kier alpha value is -3.06. The van der Waals surface area contributed by atoms with Crippen LogP contribution in [0.1, 0.15) is 27.9 Å². The van der Waals surface area contributed by atoms with Crippen molar-refractivity contribution in [2.45, 2.75) is 19.3 Å². The molecule has 0 spiro atoms. The number of rotatable bonds is 4. The molecule has 2 aliphatic rings. The average molecular weight is 409 g/mol. The van der Waals surface area contributed by atoms with Crippen LogP contribution in [0.5, 0.6) is 5.75 Å². The highest BCUT2D eigenvalue weighted by Crippen LogP contribution is 2.36. The molecule has 2 aromatic rings. The molecule has 0 saturated carbocycles. The molecule has 4 rings (SSSR count). The molecule has 0 radical (unpaired) electrons. The molecule has 2 aromatic carbocycles. The van der Waals surface area contributed by atoms with Crippen molar-refractivity contribution in [1.82, 2.24) is 4.90 Å². The summed E-state index contributed by atoms with van der Waals surface area (Å²) in [6, 6.07) is 10.8. The van der Waals surface area contributed by atoms with Crippen LogP contribution in [0.25, 0.3) is 0 Å². The number of morpholine rings is 1. The first-order chi connectivity index (χ1) is 14.6. The fourth-order valence-electron chi connectivity index (χ4n) is 4.18. The zero-order chi connectivity index (χ0) is 21.1. The first-order valence-corrected chi connectivity index (χ1v) is 10.3. The fraction of sp³-hybridized carbons (Fsp3) is 0.391. The van der Waals surface area contributed by atoms with E-state index >= 15 is 0 Å². The second-order valence-electron chi connectivity index (χ2n) is 7.73. The Bertz CT molecular complexity index is 936. The topological polar surface area (TPSA) is 93.9 Å². The molecular weight excluding hydrogens is 382 g/mol. The van der Waals surface area contributed by atoms with E-state index in [0.717, 1.165) is 29.7 Å². The predicted octanol–water partition coefficient (Wildman–Crippen LogP) is 2.49. The van der Waals surface area contributed by atoms with Crippen LogP contribution in [0, 0.1) is 5.92 Å². The maximum absolute atomic E-state index is 12.8. The van der Waals surface area contributed by atoms with Crippen LogP contribution in [0.4, 0.5) is 11.4 Å². The van der Waals surface area contributed by atoms with E-state index in [-0.39, 0.29) is 17.7 Å². The Balaban J connectivity index is 1.40. The van der Waals surface area contributed by atoms with E-state index in [9.17, 15) is 9.59 Å². The van der Waals surface area contributed by atoms with E-state index in [4.69, 9.17) is 15.2 Å². The molecule has 7 heteroatoms. The van der Waals surface area contributed by atoms with Crippen molar-refractivity contribution in [3.63, 3.8) is 0 Å². The quantitative estimate of drug-likeness (QED) is 0.757. The third-order valence-corrected chi connectivity index (χ3v) is 5.91. The number of benzene rings is 2. The SMILES string of the molecule is COc1ccc(N)c2c1CCC(C(=O)Nc1ccc(C(=O)N3CCOCC3)cc1)C2. The molecule has 7 nitrogen and oxygen atoms in total. The number of carbonyl (C=O) groups excluding carboxylic acids is 2. The largest absolute Gasteiger partial charge is 0.496 e. The maximum Gasteiger partial charge on any atom is 0.254 e. The molecular formula is C23H27N3O4. The van der Waals surface area contributed by atoms with Crippen LogP contribution >= 0.6 is 0 Å². The van der Waals surface area contributed by atoms with Gasteiger partial charge in [0.05, 0.1) is 20.3 Å². The van der Waals surface area contributed by atoms with E-state index < -0.39 is 0 Å². The molecule has 0 bridgehead atoms. The molecule has 0 aromatic heterocycles. The minimum absolute atomic E-state index is 0.00973. The summed E-state index contributed by atoms with van der Waals surface area (Å²) in [4.78, 5) is 27.2. The lowest BCUT2D eigenvalue weighted by Gasteiger charge is -2.27. The highest BCUT2D eigenvalue weighted by molar-refractivity contribution is 5.96. The van der Waals surface area contributed by atoms with Crippen LogP contribution in [-0.4, -0.2) is 50.1 Å². The third-order valence-electron chi connectivity index (χ3n) is 5.91. The lowest BCUT2D eigenvalue weighted by Crippen LogP contribution is -2.40. The first kappa shape index (κ1) is 20.2. The van der Waals surface area contributed by atoms with E-state index in [2.05, 4.69) is 5.32 Å². The molecule has 2 amide bonds. The van der Waals surface area contributed by atoms with Crippen molar-refractivity contribution in [3.8, 4) is 5.75 Å². The number of hydrogen-bond acceptors (Lipinski definition) is 5. The number of methoxy groups -OCH3 is 1. The lowest BCUT2D eigenvalue weighted by atomic mass is 9.82. The highest BCUT2D eigenvalue weighted by atomic mass is 16.5. The van der Waals surface area contributed by atoms with Gasteiger partial charge in [0.25, 0.3) is 5.91 Å². The molecule has 1 unspecified atom stereocenters. The van der Waals surface area contributed by atoms with Gasteiger partial charge >= 0.3 is 0 Å². The van der Waals surface area contributed by atoms with Crippen LogP contribution in [0.15, 0.2) is 36.4 Å². The van der Waals surface area contributed by atoms with Crippen molar-refractivity contribution < 1.29 is 19.1 Å². The van der Waals surface area contributed by atoms with Crippen LogP contribution in [0.3, 0.4) is 0 Å². The van der Waals surface area contributed by atoms with Gasteiger partial charge < -0.3 is 25.4 Å². The van der Waals surface area contributed by atoms with Gasteiger partial charge in [0.2, 0.25) is 5.91 Å². The van der Waals surface area contributed by atoms with Gasteiger partial charge in [-0.25, -0.2) is 0 Å². The molecule has 1 saturated heterocycles. The minimum atomic E-state index is -0.151. The number of nitrogens with zero attached hydrogens (tertiary/aromatic N) is 1. The van der Waals surface area contributed by atoms with Crippen LogP contribution in [0.2, 0.25) is 0 Å². The maximum atomic E-state index is 12.8. The highest BCUT2D eigenvalue weighted by Gasteiger charge is 2.28.